The number of aromatic nitrogens is 4. The first kappa shape index (κ1) is 13.3. The van der Waals surface area contributed by atoms with Crippen LogP contribution in [0.1, 0.15) is 12.6 Å². The number of hydrogen-bond donors (Lipinski definition) is 0. The van der Waals surface area contributed by atoms with Crippen LogP contribution in [0.25, 0.3) is 16.7 Å². The van der Waals surface area contributed by atoms with Crippen LogP contribution in [0.2, 0.25) is 0 Å². The Hall–Kier alpha value is -2.70. The van der Waals surface area contributed by atoms with E-state index in [-0.39, 0.29) is 12.6 Å². The molecule has 7 heteroatoms. The Morgan fingerprint density at radius 3 is 2.95 bits per heavy atom. The summed E-state index contributed by atoms with van der Waals surface area (Å²) >= 11 is 0. The van der Waals surface area contributed by atoms with Gasteiger partial charge >= 0.3 is 11.7 Å². The van der Waals surface area contributed by atoms with E-state index in [1.165, 1.54) is 0 Å². The van der Waals surface area contributed by atoms with Gasteiger partial charge in [0.2, 0.25) is 6.08 Å². The second kappa shape index (κ2) is 5.01. The first-order chi connectivity index (χ1) is 10.1. The molecule has 2 aromatic heterocycles. The van der Waals surface area contributed by atoms with E-state index in [0.29, 0.717) is 5.78 Å². The average Bonchev–Trinajstić information content (AvgIpc) is 2.76. The van der Waals surface area contributed by atoms with Crippen molar-refractivity contribution in [1.29, 1.82) is 0 Å². The van der Waals surface area contributed by atoms with Crippen molar-refractivity contribution in [3.8, 4) is 0 Å². The molecule has 3 rings (SSSR count). The van der Waals surface area contributed by atoms with E-state index >= 15 is 0 Å². The molecule has 3 aromatic rings. The summed E-state index contributed by atoms with van der Waals surface area (Å²) in [5, 5.41) is 16.8. The summed E-state index contributed by atoms with van der Waals surface area (Å²) < 4.78 is 8.20. The molecule has 0 unspecified atom stereocenters. The summed E-state index contributed by atoms with van der Waals surface area (Å²) in [6.07, 6.45) is -0.658. The summed E-state index contributed by atoms with van der Waals surface area (Å²) in [4.78, 5) is 8.44. The fourth-order valence-electron chi connectivity index (χ4n) is 2.29. The molecule has 0 saturated carbocycles. The lowest BCUT2D eigenvalue weighted by Crippen LogP contribution is -2.26. The molecule has 0 saturated heterocycles. The van der Waals surface area contributed by atoms with Gasteiger partial charge in [-0.3, -0.25) is 0 Å². The lowest BCUT2D eigenvalue weighted by Gasteiger charge is -2.06. The van der Waals surface area contributed by atoms with E-state index in [1.54, 1.807) is 23.1 Å². The topological polar surface area (TPSA) is 79.5 Å². The van der Waals surface area contributed by atoms with Crippen LogP contribution in [0.15, 0.2) is 29.3 Å². The molecule has 108 valence electrons. The minimum absolute atomic E-state index is 0.259. The summed E-state index contributed by atoms with van der Waals surface area (Å²) in [5.74, 6) is 0.879. The molecule has 7 nitrogen and oxygen atoms in total. The quantitative estimate of drug-likeness (QED) is 0.388. The van der Waals surface area contributed by atoms with Gasteiger partial charge in [0, 0.05) is 10.5 Å². The molecule has 0 aliphatic rings. The molecule has 0 N–H and O–H groups in total. The van der Waals surface area contributed by atoms with E-state index in [9.17, 15) is 5.11 Å². The molecule has 1 aromatic carbocycles. The average molecular weight is 285 g/mol. The van der Waals surface area contributed by atoms with Crippen LogP contribution < -0.4 is 9.51 Å². The van der Waals surface area contributed by atoms with Gasteiger partial charge in [-0.1, -0.05) is 19.1 Å². The summed E-state index contributed by atoms with van der Waals surface area (Å²) in [7, 11) is 1.76. The number of aryl methyl sites for hydroxylation is 2. The van der Waals surface area contributed by atoms with Gasteiger partial charge in [-0.2, -0.15) is 4.40 Å². The molecular weight excluding hydrogens is 270 g/mol. The number of fused-ring (bicyclic) bond motifs is 3. The summed E-state index contributed by atoms with van der Waals surface area (Å²) in [6.45, 7) is 3.95. The van der Waals surface area contributed by atoms with Crippen molar-refractivity contribution >= 4 is 28.7 Å². The molecule has 21 heavy (non-hydrogen) atoms. The van der Waals surface area contributed by atoms with E-state index < -0.39 is 6.08 Å². The zero-order chi connectivity index (χ0) is 15.0. The lowest BCUT2D eigenvalue weighted by molar-refractivity contribution is -0.470. The maximum Gasteiger partial charge on any atom is 0.390 e. The van der Waals surface area contributed by atoms with Gasteiger partial charge in [0.15, 0.2) is 0 Å². The smallest absolute Gasteiger partial charge is 0.390 e. The molecule has 0 fully saturated rings. The lowest BCUT2D eigenvalue weighted by atomic mass is 10.2. The molecule has 0 radical (unpaired) electrons. The monoisotopic (exact) mass is 285 g/mol. The number of aliphatic imine (C=N–C) groups is 1. The van der Waals surface area contributed by atoms with Gasteiger partial charge in [0.05, 0.1) is 18.3 Å². The van der Waals surface area contributed by atoms with Crippen molar-refractivity contribution in [2.75, 3.05) is 6.61 Å². The van der Waals surface area contributed by atoms with Crippen molar-refractivity contribution < 1.29 is 14.2 Å². The highest BCUT2D eigenvalue weighted by Crippen LogP contribution is 2.16. The standard InChI is InChI=1S/C14H15N5O2/c1-4-21-14(20)16-12-17-18(3)13-15-9(2)10-7-5-6-8-11(10)19(12)13/h5-8H,4H2,1-3H3. The molecule has 0 aliphatic heterocycles. The molecule has 0 atom stereocenters. The van der Waals surface area contributed by atoms with Crippen molar-refractivity contribution in [2.45, 2.75) is 13.8 Å². The third-order valence-corrected chi connectivity index (χ3v) is 3.19. The van der Waals surface area contributed by atoms with E-state index in [4.69, 9.17) is 4.74 Å². The van der Waals surface area contributed by atoms with E-state index in [2.05, 4.69) is 15.1 Å². The molecular formula is C14H15N5O2. The first-order valence-electron chi connectivity index (χ1n) is 6.64. The molecule has 0 bridgehead atoms. The Balaban J connectivity index is 2.37. The second-order valence-electron chi connectivity index (χ2n) is 4.58. The number of benzene rings is 1. The van der Waals surface area contributed by atoms with Gasteiger partial charge in [-0.05, 0) is 25.7 Å². The molecule has 0 spiro atoms. The van der Waals surface area contributed by atoms with Gasteiger partial charge in [-0.25, -0.2) is 0 Å². The van der Waals surface area contributed by atoms with E-state index in [0.717, 1.165) is 16.6 Å². The van der Waals surface area contributed by atoms with Crippen LogP contribution in [0.3, 0.4) is 0 Å². The van der Waals surface area contributed by atoms with Crippen LogP contribution in [0, 0.1) is 6.92 Å². The highest BCUT2D eigenvalue weighted by Gasteiger charge is 2.20. The number of nitrogens with zero attached hydrogens (tertiary/aromatic N) is 5. The van der Waals surface area contributed by atoms with Gasteiger partial charge in [0.25, 0.3) is 0 Å². The van der Waals surface area contributed by atoms with Crippen LogP contribution >= 0.6 is 0 Å². The Labute approximate surface area is 121 Å². The highest BCUT2D eigenvalue weighted by molar-refractivity contribution is 5.79. The number of ether oxygens (including phenoxy) is 1. The number of para-hydroxylation sites is 1. The zero-order valence-electron chi connectivity index (χ0n) is 12.1. The van der Waals surface area contributed by atoms with Gasteiger partial charge < -0.3 is 9.84 Å². The molecule has 0 amide bonds. The Bertz CT molecular complexity index is 853. The normalized spacial score (nSPS) is 12.2. The van der Waals surface area contributed by atoms with E-state index in [1.807, 2.05) is 31.2 Å². The maximum atomic E-state index is 11.6. The minimum atomic E-state index is -0.658. The Morgan fingerprint density at radius 2 is 2.19 bits per heavy atom. The maximum absolute atomic E-state index is 11.6. The SMILES string of the molecule is CCO/C([O-])=N/c1nn(C)c2nc(C)c3ccccc3[n+]12. The fraction of sp³-hybridized carbons (Fsp3) is 0.286. The largest absolute Gasteiger partial charge is 0.593 e. The van der Waals surface area contributed by atoms with Gasteiger partial charge in [-0.15, -0.1) is 14.7 Å². The van der Waals surface area contributed by atoms with Crippen molar-refractivity contribution in [1.82, 2.24) is 14.8 Å². The molecule has 2 heterocycles. The molecule has 0 aliphatic carbocycles. The zero-order valence-corrected chi connectivity index (χ0v) is 12.1. The number of hydrogen-bond acceptors (Lipinski definition) is 5. The van der Waals surface area contributed by atoms with Crippen LogP contribution in [0.5, 0.6) is 0 Å². The van der Waals surface area contributed by atoms with Crippen molar-refractivity contribution in [3.63, 3.8) is 0 Å². The minimum Gasteiger partial charge on any atom is -0.593 e. The first-order valence-corrected chi connectivity index (χ1v) is 6.64. The predicted octanol–water partition coefficient (Wildman–Crippen LogP) is 0.400. The predicted molar refractivity (Wildman–Crippen MR) is 75.1 cm³/mol. The third-order valence-electron chi connectivity index (χ3n) is 3.19. The Kier molecular flexibility index (Phi) is 3.17. The van der Waals surface area contributed by atoms with Crippen LogP contribution in [-0.4, -0.2) is 27.5 Å². The highest BCUT2D eigenvalue weighted by atomic mass is 16.6. The second-order valence-corrected chi connectivity index (χ2v) is 4.58. The summed E-state index contributed by atoms with van der Waals surface area (Å²) in [6, 6.07) is 7.80. The third kappa shape index (κ3) is 2.16. The van der Waals surface area contributed by atoms with Crippen LogP contribution in [0.4, 0.5) is 5.95 Å². The van der Waals surface area contributed by atoms with Crippen molar-refractivity contribution in [2.24, 2.45) is 12.0 Å². The number of rotatable bonds is 2. The Morgan fingerprint density at radius 1 is 1.43 bits per heavy atom. The van der Waals surface area contributed by atoms with Crippen molar-refractivity contribution in [3.05, 3.63) is 30.0 Å². The van der Waals surface area contributed by atoms with Crippen LogP contribution in [-0.2, 0) is 11.8 Å². The van der Waals surface area contributed by atoms with Gasteiger partial charge in [0.1, 0.15) is 0 Å². The summed E-state index contributed by atoms with van der Waals surface area (Å²) in [5.41, 5.74) is 1.80. The fourth-order valence-corrected chi connectivity index (χ4v) is 2.29.